The third-order valence-corrected chi connectivity index (χ3v) is 5.21. The van der Waals surface area contributed by atoms with Crippen LogP contribution in [0.15, 0.2) is 36.5 Å². The molecule has 1 aromatic carbocycles. The fraction of sp³-hybridized carbons (Fsp3) is 0.476. The molecule has 116 valence electrons. The normalized spacial score (nSPS) is 16.0. The SMILES string of the molecule is CCc1ccc(-c2ccc(C3CCCCC3)cc2C)[n+](C)c1. The van der Waals surface area contributed by atoms with Crippen LogP contribution in [0, 0.1) is 6.92 Å². The smallest absolute Gasteiger partial charge is 0.201 e. The predicted molar refractivity (Wildman–Crippen MR) is 93.0 cm³/mol. The number of aromatic nitrogens is 1. The first-order chi connectivity index (χ1) is 10.7. The van der Waals surface area contributed by atoms with Crippen molar-refractivity contribution in [1.29, 1.82) is 0 Å². The van der Waals surface area contributed by atoms with E-state index in [1.54, 1.807) is 5.56 Å². The zero-order chi connectivity index (χ0) is 15.5. The van der Waals surface area contributed by atoms with Gasteiger partial charge < -0.3 is 0 Å². The van der Waals surface area contributed by atoms with Gasteiger partial charge in [0, 0.05) is 17.2 Å². The third-order valence-electron chi connectivity index (χ3n) is 5.21. The molecule has 1 fully saturated rings. The lowest BCUT2D eigenvalue weighted by atomic mass is 9.83. The summed E-state index contributed by atoms with van der Waals surface area (Å²) in [5, 5.41) is 0. The van der Waals surface area contributed by atoms with E-state index in [-0.39, 0.29) is 0 Å². The molecule has 1 heterocycles. The molecule has 1 heteroatoms. The van der Waals surface area contributed by atoms with Gasteiger partial charge in [-0.3, -0.25) is 0 Å². The summed E-state index contributed by atoms with van der Waals surface area (Å²) in [5.74, 6) is 0.790. The molecular formula is C21H28N+. The van der Waals surface area contributed by atoms with Crippen LogP contribution in [0.5, 0.6) is 0 Å². The van der Waals surface area contributed by atoms with Gasteiger partial charge in [0.25, 0.3) is 0 Å². The molecule has 0 saturated heterocycles. The summed E-state index contributed by atoms with van der Waals surface area (Å²) in [6, 6.07) is 11.6. The lowest BCUT2D eigenvalue weighted by Crippen LogP contribution is -2.31. The Morgan fingerprint density at radius 2 is 1.82 bits per heavy atom. The Hall–Kier alpha value is -1.63. The van der Waals surface area contributed by atoms with Gasteiger partial charge in [0.15, 0.2) is 6.20 Å². The van der Waals surface area contributed by atoms with E-state index in [2.05, 4.69) is 62.0 Å². The Morgan fingerprint density at radius 1 is 1.05 bits per heavy atom. The van der Waals surface area contributed by atoms with Crippen molar-refractivity contribution >= 4 is 0 Å². The quantitative estimate of drug-likeness (QED) is 0.694. The van der Waals surface area contributed by atoms with E-state index >= 15 is 0 Å². The topological polar surface area (TPSA) is 3.88 Å². The molecule has 22 heavy (non-hydrogen) atoms. The van der Waals surface area contributed by atoms with Gasteiger partial charge in [-0.05, 0) is 55.4 Å². The molecule has 0 bridgehead atoms. The molecule has 0 unspecified atom stereocenters. The lowest BCUT2D eigenvalue weighted by Gasteiger charge is -2.22. The molecule has 1 nitrogen and oxygen atoms in total. The molecule has 1 saturated carbocycles. The molecule has 1 aliphatic carbocycles. The van der Waals surface area contributed by atoms with E-state index in [9.17, 15) is 0 Å². The first-order valence-corrected chi connectivity index (χ1v) is 8.78. The van der Waals surface area contributed by atoms with Crippen LogP contribution < -0.4 is 4.57 Å². The van der Waals surface area contributed by atoms with Gasteiger partial charge in [-0.15, -0.1) is 0 Å². The third kappa shape index (κ3) is 3.09. The highest BCUT2D eigenvalue weighted by atomic mass is 14.9. The minimum Gasteiger partial charge on any atom is -0.201 e. The highest BCUT2D eigenvalue weighted by molar-refractivity contribution is 5.61. The van der Waals surface area contributed by atoms with E-state index in [1.807, 2.05) is 0 Å². The molecular weight excluding hydrogens is 266 g/mol. The second-order valence-corrected chi connectivity index (χ2v) is 6.80. The number of rotatable bonds is 3. The highest BCUT2D eigenvalue weighted by Crippen LogP contribution is 2.34. The lowest BCUT2D eigenvalue weighted by molar-refractivity contribution is -0.660. The van der Waals surface area contributed by atoms with E-state index in [1.165, 1.54) is 54.5 Å². The van der Waals surface area contributed by atoms with Crippen LogP contribution in [-0.4, -0.2) is 0 Å². The van der Waals surface area contributed by atoms with Crippen molar-refractivity contribution < 1.29 is 4.57 Å². The number of nitrogens with zero attached hydrogens (tertiary/aromatic N) is 1. The van der Waals surface area contributed by atoms with Crippen LogP contribution in [0.4, 0.5) is 0 Å². The van der Waals surface area contributed by atoms with Crippen LogP contribution in [0.25, 0.3) is 11.3 Å². The van der Waals surface area contributed by atoms with Gasteiger partial charge >= 0.3 is 0 Å². The zero-order valence-corrected chi connectivity index (χ0v) is 14.2. The van der Waals surface area contributed by atoms with Gasteiger partial charge in [-0.25, -0.2) is 4.57 Å². The molecule has 0 atom stereocenters. The minimum absolute atomic E-state index is 0.790. The first-order valence-electron chi connectivity index (χ1n) is 8.78. The van der Waals surface area contributed by atoms with Gasteiger partial charge in [0.1, 0.15) is 7.05 Å². The summed E-state index contributed by atoms with van der Waals surface area (Å²) in [7, 11) is 2.16. The molecule has 3 rings (SSSR count). The van der Waals surface area contributed by atoms with E-state index in [0.717, 1.165) is 12.3 Å². The summed E-state index contributed by atoms with van der Waals surface area (Å²) in [6.45, 7) is 4.47. The molecule has 1 aliphatic rings. The molecule has 0 radical (unpaired) electrons. The van der Waals surface area contributed by atoms with Crippen molar-refractivity contribution in [3.63, 3.8) is 0 Å². The van der Waals surface area contributed by atoms with Crippen molar-refractivity contribution in [1.82, 2.24) is 0 Å². The second kappa shape index (κ2) is 6.64. The van der Waals surface area contributed by atoms with Crippen LogP contribution in [-0.2, 0) is 13.5 Å². The Bertz CT molecular complexity index is 651. The largest absolute Gasteiger partial charge is 0.212 e. The number of hydrogen-bond acceptors (Lipinski definition) is 0. The fourth-order valence-corrected chi connectivity index (χ4v) is 3.82. The molecule has 0 amide bonds. The Balaban J connectivity index is 1.92. The van der Waals surface area contributed by atoms with Gasteiger partial charge in [0.2, 0.25) is 5.69 Å². The van der Waals surface area contributed by atoms with Crippen molar-refractivity contribution in [2.75, 3.05) is 0 Å². The number of pyridine rings is 1. The first kappa shape index (κ1) is 15.3. The average Bonchev–Trinajstić information content (AvgIpc) is 2.56. The maximum absolute atomic E-state index is 2.43. The van der Waals surface area contributed by atoms with E-state index < -0.39 is 0 Å². The summed E-state index contributed by atoms with van der Waals surface area (Å²) < 4.78 is 2.27. The maximum atomic E-state index is 2.43. The van der Waals surface area contributed by atoms with Gasteiger partial charge in [0.05, 0.1) is 0 Å². The van der Waals surface area contributed by atoms with E-state index in [0.29, 0.717) is 0 Å². The predicted octanol–water partition coefficient (Wildman–Crippen LogP) is 5.10. The monoisotopic (exact) mass is 294 g/mol. The van der Waals surface area contributed by atoms with Crippen molar-refractivity contribution in [3.8, 4) is 11.3 Å². The average molecular weight is 294 g/mol. The van der Waals surface area contributed by atoms with Crippen LogP contribution in [0.2, 0.25) is 0 Å². The van der Waals surface area contributed by atoms with Crippen molar-refractivity contribution in [2.45, 2.75) is 58.3 Å². The maximum Gasteiger partial charge on any atom is 0.212 e. The molecule has 0 spiro atoms. The Kier molecular flexibility index (Phi) is 4.61. The van der Waals surface area contributed by atoms with Gasteiger partial charge in [-0.2, -0.15) is 0 Å². The van der Waals surface area contributed by atoms with Crippen LogP contribution in [0.1, 0.15) is 61.6 Å². The number of benzene rings is 1. The summed E-state index contributed by atoms with van der Waals surface area (Å²) in [6.07, 6.45) is 10.3. The molecule has 1 aromatic heterocycles. The Morgan fingerprint density at radius 3 is 2.45 bits per heavy atom. The second-order valence-electron chi connectivity index (χ2n) is 6.80. The van der Waals surface area contributed by atoms with Crippen LogP contribution in [0.3, 0.4) is 0 Å². The fourth-order valence-electron chi connectivity index (χ4n) is 3.82. The summed E-state index contributed by atoms with van der Waals surface area (Å²) in [5.41, 5.74) is 7.02. The zero-order valence-electron chi connectivity index (χ0n) is 14.2. The van der Waals surface area contributed by atoms with Crippen LogP contribution >= 0.6 is 0 Å². The standard InChI is InChI=1S/C21H28N/c1-4-17-10-13-21(22(3)15-17)20-12-11-19(14-16(20)2)18-8-6-5-7-9-18/h10-15,18H,4-9H2,1-3H3/q+1. The number of aryl methyl sites for hydroxylation is 3. The summed E-state index contributed by atoms with van der Waals surface area (Å²) in [4.78, 5) is 0. The number of hydrogen-bond donors (Lipinski definition) is 0. The van der Waals surface area contributed by atoms with Crippen molar-refractivity contribution in [3.05, 3.63) is 53.2 Å². The van der Waals surface area contributed by atoms with Gasteiger partial charge in [-0.1, -0.05) is 38.3 Å². The minimum atomic E-state index is 0.790. The highest BCUT2D eigenvalue weighted by Gasteiger charge is 2.18. The molecule has 0 N–H and O–H groups in total. The Labute approximate surface area is 135 Å². The van der Waals surface area contributed by atoms with E-state index in [4.69, 9.17) is 0 Å². The molecule has 2 aromatic rings. The summed E-state index contributed by atoms with van der Waals surface area (Å²) >= 11 is 0. The van der Waals surface area contributed by atoms with Crippen molar-refractivity contribution in [2.24, 2.45) is 7.05 Å². The molecule has 0 aliphatic heterocycles.